The summed E-state index contributed by atoms with van der Waals surface area (Å²) >= 11 is 0. The minimum absolute atomic E-state index is 0.0213. The van der Waals surface area contributed by atoms with Crippen molar-refractivity contribution < 1.29 is 33.1 Å². The highest BCUT2D eigenvalue weighted by atomic mass is 19.1. The highest BCUT2D eigenvalue weighted by Crippen LogP contribution is 2.31. The lowest BCUT2D eigenvalue weighted by atomic mass is 10.1. The zero-order chi connectivity index (χ0) is 32.6. The van der Waals surface area contributed by atoms with Gasteiger partial charge in [-0.3, -0.25) is 24.6 Å². The Kier molecular flexibility index (Phi) is 10.1. The van der Waals surface area contributed by atoms with Crippen LogP contribution in [0.4, 0.5) is 21.5 Å². The number of benzene rings is 4. The second-order valence-corrected chi connectivity index (χ2v) is 10.7. The summed E-state index contributed by atoms with van der Waals surface area (Å²) in [5.74, 6) is -0.111. The van der Waals surface area contributed by atoms with Crippen molar-refractivity contribution in [3.05, 3.63) is 118 Å². The van der Waals surface area contributed by atoms with Crippen LogP contribution in [-0.4, -0.2) is 55.1 Å². The summed E-state index contributed by atoms with van der Waals surface area (Å²) in [5, 5.41) is 17.0. The second kappa shape index (κ2) is 14.5. The number of hydrogen-bond acceptors (Lipinski definition) is 8. The van der Waals surface area contributed by atoms with Crippen molar-refractivity contribution in [3.8, 4) is 17.2 Å². The standard InChI is InChI=1S/C34H33FN4O7/c1-44-25-10-7-23(8-11-25)36-33(40)28-13-9-24(39(42)43)19-31(28)37-34(41)29-14-12-27(45-2)20-32(29)46-26-15-17-38(18-16-26)21-22-5-3-4-6-30(22)35/h3-14,19-20,26H,15-18,21H2,1-2H3,(H,36,40)(H,37,41). The van der Waals surface area contributed by atoms with Crippen molar-refractivity contribution in [2.24, 2.45) is 0 Å². The van der Waals surface area contributed by atoms with Crippen LogP contribution < -0.4 is 24.8 Å². The van der Waals surface area contributed by atoms with Gasteiger partial charge < -0.3 is 24.8 Å². The minimum Gasteiger partial charge on any atom is -0.497 e. The maximum Gasteiger partial charge on any atom is 0.271 e. The Morgan fingerprint density at radius 3 is 2.20 bits per heavy atom. The summed E-state index contributed by atoms with van der Waals surface area (Å²) in [5.41, 5.74) is 0.924. The van der Waals surface area contributed by atoms with Gasteiger partial charge in [-0.1, -0.05) is 18.2 Å². The van der Waals surface area contributed by atoms with Gasteiger partial charge >= 0.3 is 0 Å². The van der Waals surface area contributed by atoms with Crippen molar-refractivity contribution in [1.29, 1.82) is 0 Å². The van der Waals surface area contributed by atoms with Gasteiger partial charge in [-0.15, -0.1) is 0 Å². The quantitative estimate of drug-likeness (QED) is 0.146. The molecule has 0 spiro atoms. The number of methoxy groups -OCH3 is 2. The number of rotatable bonds is 11. The van der Waals surface area contributed by atoms with Gasteiger partial charge in [0.2, 0.25) is 0 Å². The molecule has 1 aliphatic rings. The van der Waals surface area contributed by atoms with Crippen LogP contribution in [0.1, 0.15) is 39.1 Å². The van der Waals surface area contributed by atoms with Crippen LogP contribution in [0.25, 0.3) is 0 Å². The largest absolute Gasteiger partial charge is 0.497 e. The number of non-ortho nitro benzene ring substituents is 1. The van der Waals surface area contributed by atoms with E-state index in [9.17, 15) is 24.1 Å². The fourth-order valence-electron chi connectivity index (χ4n) is 5.16. The predicted octanol–water partition coefficient (Wildman–Crippen LogP) is 6.30. The molecule has 1 saturated heterocycles. The third-order valence-corrected chi connectivity index (χ3v) is 7.67. The summed E-state index contributed by atoms with van der Waals surface area (Å²) in [6.45, 7) is 1.83. The van der Waals surface area contributed by atoms with E-state index in [2.05, 4.69) is 15.5 Å². The van der Waals surface area contributed by atoms with E-state index >= 15 is 0 Å². The maximum absolute atomic E-state index is 14.2. The Bertz CT molecular complexity index is 1720. The number of nitro groups is 1. The zero-order valence-electron chi connectivity index (χ0n) is 25.3. The molecule has 12 heteroatoms. The van der Waals surface area contributed by atoms with E-state index in [0.717, 1.165) is 6.07 Å². The number of carbonyl (C=O) groups excluding carboxylic acids is 2. The molecule has 0 aromatic heterocycles. The molecule has 0 saturated carbocycles. The number of carbonyl (C=O) groups is 2. The number of nitro benzene ring substituents is 1. The summed E-state index contributed by atoms with van der Waals surface area (Å²) in [6.07, 6.45) is 1.07. The monoisotopic (exact) mass is 628 g/mol. The molecule has 1 fully saturated rings. The van der Waals surface area contributed by atoms with Crippen LogP contribution in [0, 0.1) is 15.9 Å². The molecule has 46 heavy (non-hydrogen) atoms. The fraction of sp³-hybridized carbons (Fsp3) is 0.235. The van der Waals surface area contributed by atoms with Crippen molar-refractivity contribution in [2.45, 2.75) is 25.5 Å². The van der Waals surface area contributed by atoms with Crippen LogP contribution in [0.2, 0.25) is 0 Å². The lowest BCUT2D eigenvalue weighted by Gasteiger charge is -2.32. The molecule has 0 unspecified atom stereocenters. The van der Waals surface area contributed by atoms with Crippen molar-refractivity contribution >= 4 is 28.9 Å². The summed E-state index contributed by atoms with van der Waals surface area (Å²) in [4.78, 5) is 40.0. The molecule has 0 radical (unpaired) electrons. The van der Waals surface area contributed by atoms with Crippen molar-refractivity contribution in [1.82, 2.24) is 4.90 Å². The number of amides is 2. The number of hydrogen-bond donors (Lipinski definition) is 2. The molecule has 0 bridgehead atoms. The third-order valence-electron chi connectivity index (χ3n) is 7.67. The van der Waals surface area contributed by atoms with Gasteiger partial charge in [-0.2, -0.15) is 0 Å². The first-order valence-corrected chi connectivity index (χ1v) is 14.6. The molecule has 238 valence electrons. The summed E-state index contributed by atoms with van der Waals surface area (Å²) < 4.78 is 31.0. The second-order valence-electron chi connectivity index (χ2n) is 10.7. The molecule has 0 atom stereocenters. The fourth-order valence-corrected chi connectivity index (χ4v) is 5.16. The van der Waals surface area contributed by atoms with Gasteiger partial charge in [0.15, 0.2) is 0 Å². The van der Waals surface area contributed by atoms with Crippen LogP contribution in [-0.2, 0) is 6.54 Å². The van der Waals surface area contributed by atoms with Crippen LogP contribution in [0.3, 0.4) is 0 Å². The number of halogens is 1. The number of anilines is 2. The first-order valence-electron chi connectivity index (χ1n) is 14.6. The molecule has 1 aliphatic heterocycles. The van der Waals surface area contributed by atoms with Crippen LogP contribution in [0.15, 0.2) is 84.9 Å². The average Bonchev–Trinajstić information content (AvgIpc) is 3.06. The first-order chi connectivity index (χ1) is 22.2. The van der Waals surface area contributed by atoms with Gasteiger partial charge in [-0.25, -0.2) is 4.39 Å². The molecule has 11 nitrogen and oxygen atoms in total. The minimum atomic E-state index is -0.631. The Morgan fingerprint density at radius 1 is 0.870 bits per heavy atom. The molecule has 4 aromatic carbocycles. The number of nitrogens with zero attached hydrogens (tertiary/aromatic N) is 2. The SMILES string of the molecule is COc1ccc(NC(=O)c2ccc([N+](=O)[O-])cc2NC(=O)c2ccc(OC)cc2OC2CCN(Cc3ccccc3F)CC2)cc1. The highest BCUT2D eigenvalue weighted by molar-refractivity contribution is 6.13. The van der Waals surface area contributed by atoms with Gasteiger partial charge in [0.05, 0.1) is 36.0 Å². The Balaban J connectivity index is 1.33. The Hall–Kier alpha value is -5.49. The highest BCUT2D eigenvalue weighted by Gasteiger charge is 2.25. The Labute approximate surface area is 265 Å². The number of piperidine rings is 1. The molecule has 0 aliphatic carbocycles. The van der Waals surface area contributed by atoms with Gasteiger partial charge in [0, 0.05) is 49.1 Å². The number of ether oxygens (including phenoxy) is 3. The van der Waals surface area contributed by atoms with Crippen LogP contribution in [0.5, 0.6) is 17.2 Å². The van der Waals surface area contributed by atoms with E-state index in [0.29, 0.717) is 55.2 Å². The van der Waals surface area contributed by atoms with E-state index < -0.39 is 16.7 Å². The topological polar surface area (TPSA) is 132 Å². The molecule has 2 amide bonds. The molecule has 2 N–H and O–H groups in total. The molecular weight excluding hydrogens is 595 g/mol. The number of nitrogens with one attached hydrogen (secondary N) is 2. The molecule has 4 aromatic rings. The van der Waals surface area contributed by atoms with Crippen LogP contribution >= 0.6 is 0 Å². The van der Waals surface area contributed by atoms with E-state index in [4.69, 9.17) is 14.2 Å². The number of likely N-dealkylation sites (tertiary alicyclic amines) is 1. The smallest absolute Gasteiger partial charge is 0.271 e. The Morgan fingerprint density at radius 2 is 1.52 bits per heavy atom. The molecule has 1 heterocycles. The van der Waals surface area contributed by atoms with E-state index in [1.807, 2.05) is 6.07 Å². The average molecular weight is 629 g/mol. The maximum atomic E-state index is 14.2. The third kappa shape index (κ3) is 7.77. The lowest BCUT2D eigenvalue weighted by molar-refractivity contribution is -0.384. The van der Waals surface area contributed by atoms with Gasteiger partial charge in [0.25, 0.3) is 17.5 Å². The lowest BCUT2D eigenvalue weighted by Crippen LogP contribution is -2.38. The van der Waals surface area contributed by atoms with E-state index in [1.165, 1.54) is 38.5 Å². The van der Waals surface area contributed by atoms with Crippen molar-refractivity contribution in [2.75, 3.05) is 37.9 Å². The van der Waals surface area contributed by atoms with Gasteiger partial charge in [-0.05, 0) is 61.4 Å². The molecular formula is C34H33FN4O7. The first kappa shape index (κ1) is 31.9. The van der Waals surface area contributed by atoms with Crippen molar-refractivity contribution in [3.63, 3.8) is 0 Å². The normalized spacial score (nSPS) is 13.5. The summed E-state index contributed by atoms with van der Waals surface area (Å²) in [7, 11) is 3.02. The van der Waals surface area contributed by atoms with E-state index in [1.54, 1.807) is 48.5 Å². The zero-order valence-corrected chi connectivity index (χ0v) is 25.3. The van der Waals surface area contributed by atoms with Gasteiger partial charge in [0.1, 0.15) is 29.2 Å². The predicted molar refractivity (Wildman–Crippen MR) is 170 cm³/mol. The molecule has 5 rings (SSSR count). The summed E-state index contributed by atoms with van der Waals surface area (Å²) in [6, 6.07) is 21.7. The van der Waals surface area contributed by atoms with E-state index in [-0.39, 0.29) is 40.2 Å².